The summed E-state index contributed by atoms with van der Waals surface area (Å²) in [6.45, 7) is 1.75. The Labute approximate surface area is 146 Å². The van der Waals surface area contributed by atoms with Gasteiger partial charge in [-0.3, -0.25) is 0 Å². The number of nitrogens with zero attached hydrogens (tertiary/aromatic N) is 2. The Morgan fingerprint density at radius 1 is 1.08 bits per heavy atom. The van der Waals surface area contributed by atoms with Gasteiger partial charge in [-0.25, -0.2) is 9.63 Å². The van der Waals surface area contributed by atoms with Crippen LogP contribution < -0.4 is 0 Å². The van der Waals surface area contributed by atoms with Crippen molar-refractivity contribution in [1.29, 1.82) is 0 Å². The summed E-state index contributed by atoms with van der Waals surface area (Å²) in [7, 11) is 0. The molecule has 2 aromatic carbocycles. The minimum Gasteiger partial charge on any atom is -0.367 e. The Bertz CT molecular complexity index is 806. The maximum Gasteiger partial charge on any atom is 0.347 e. The van der Waals surface area contributed by atoms with E-state index in [1.54, 1.807) is 0 Å². The van der Waals surface area contributed by atoms with Crippen LogP contribution in [-0.2, 0) is 21.6 Å². The molecule has 2 saturated heterocycles. The lowest BCUT2D eigenvalue weighted by Crippen LogP contribution is -2.52. The molecule has 2 heterocycles. The molecule has 5 rings (SSSR count). The normalized spacial score (nSPS) is 27.4. The second kappa shape index (κ2) is 5.58. The molecule has 5 nitrogen and oxygen atoms in total. The van der Waals surface area contributed by atoms with Gasteiger partial charge >= 0.3 is 6.03 Å². The average molecular weight is 336 g/mol. The molecule has 5 heteroatoms. The summed E-state index contributed by atoms with van der Waals surface area (Å²) >= 11 is 0. The number of carbonyl (C=O) groups excluding carboxylic acids is 1. The SMILES string of the molecule is O=C(N1CCOC2(CCc3ccccc32)C1)N1OC1c1ccccc1. The zero-order valence-electron chi connectivity index (χ0n) is 13.9. The molecule has 128 valence electrons. The molecule has 0 saturated carbocycles. The number of hydroxylamine groups is 2. The van der Waals surface area contributed by atoms with Gasteiger partial charge in [0.1, 0.15) is 5.60 Å². The third-order valence-electron chi connectivity index (χ3n) is 5.42. The first-order valence-corrected chi connectivity index (χ1v) is 8.79. The van der Waals surface area contributed by atoms with Gasteiger partial charge < -0.3 is 9.64 Å². The molecular formula is C20H20N2O3. The lowest BCUT2D eigenvalue weighted by Gasteiger charge is -2.40. The summed E-state index contributed by atoms with van der Waals surface area (Å²) in [5.74, 6) is 0. The number of morpholine rings is 1. The summed E-state index contributed by atoms with van der Waals surface area (Å²) < 4.78 is 6.19. The van der Waals surface area contributed by atoms with E-state index in [-0.39, 0.29) is 17.9 Å². The molecule has 2 fully saturated rings. The summed E-state index contributed by atoms with van der Waals surface area (Å²) in [6.07, 6.45) is 1.67. The number of fused-ring (bicyclic) bond motifs is 2. The number of benzene rings is 2. The Morgan fingerprint density at radius 2 is 1.88 bits per heavy atom. The minimum absolute atomic E-state index is 0.0686. The molecule has 0 bridgehead atoms. The fourth-order valence-electron chi connectivity index (χ4n) is 4.09. The Balaban J connectivity index is 1.34. The van der Waals surface area contributed by atoms with E-state index in [0.29, 0.717) is 19.7 Å². The largest absolute Gasteiger partial charge is 0.367 e. The van der Waals surface area contributed by atoms with Crippen LogP contribution in [0.25, 0.3) is 0 Å². The van der Waals surface area contributed by atoms with Gasteiger partial charge in [0.05, 0.1) is 13.2 Å². The molecule has 3 aliphatic rings. The van der Waals surface area contributed by atoms with Crippen LogP contribution in [0.2, 0.25) is 0 Å². The van der Waals surface area contributed by atoms with Crippen molar-refractivity contribution in [3.05, 3.63) is 71.3 Å². The molecule has 1 spiro atoms. The van der Waals surface area contributed by atoms with Crippen molar-refractivity contribution in [2.75, 3.05) is 19.7 Å². The van der Waals surface area contributed by atoms with Crippen LogP contribution in [0.5, 0.6) is 0 Å². The van der Waals surface area contributed by atoms with E-state index >= 15 is 0 Å². The number of aryl methyl sites for hydroxylation is 1. The second-order valence-electron chi connectivity index (χ2n) is 6.90. The summed E-state index contributed by atoms with van der Waals surface area (Å²) in [4.78, 5) is 20.3. The minimum atomic E-state index is -0.358. The van der Waals surface area contributed by atoms with Crippen LogP contribution >= 0.6 is 0 Å². The zero-order chi connectivity index (χ0) is 16.9. The topological polar surface area (TPSA) is 45.1 Å². The number of urea groups is 1. The van der Waals surface area contributed by atoms with Crippen molar-refractivity contribution in [2.24, 2.45) is 0 Å². The van der Waals surface area contributed by atoms with Crippen molar-refractivity contribution in [1.82, 2.24) is 9.96 Å². The summed E-state index contributed by atoms with van der Waals surface area (Å²) in [5, 5.41) is 1.47. The first-order valence-electron chi connectivity index (χ1n) is 8.79. The third kappa shape index (κ3) is 2.42. The fraction of sp³-hybridized carbons (Fsp3) is 0.350. The highest BCUT2D eigenvalue weighted by Crippen LogP contribution is 2.44. The van der Waals surface area contributed by atoms with Gasteiger partial charge in [0, 0.05) is 12.1 Å². The second-order valence-corrected chi connectivity index (χ2v) is 6.90. The Morgan fingerprint density at radius 3 is 2.76 bits per heavy atom. The van der Waals surface area contributed by atoms with Crippen molar-refractivity contribution in [3.8, 4) is 0 Å². The predicted molar refractivity (Wildman–Crippen MR) is 91.5 cm³/mol. The van der Waals surface area contributed by atoms with Gasteiger partial charge in [0.15, 0.2) is 0 Å². The standard InChI is InChI=1S/C20H20N2O3/c23-19(22-18(25-22)16-7-2-1-3-8-16)21-12-13-24-20(14-21)11-10-15-6-4-5-9-17(15)20/h1-9,18H,10-14H2. The van der Waals surface area contributed by atoms with Crippen LogP contribution in [0.15, 0.2) is 54.6 Å². The van der Waals surface area contributed by atoms with Gasteiger partial charge in [-0.2, -0.15) is 5.06 Å². The average Bonchev–Trinajstić information content (AvgIpc) is 3.41. The molecule has 0 aromatic heterocycles. The molecule has 0 radical (unpaired) electrons. The number of carbonyl (C=O) groups is 1. The van der Waals surface area contributed by atoms with Gasteiger partial charge in [-0.05, 0) is 24.0 Å². The van der Waals surface area contributed by atoms with E-state index in [4.69, 9.17) is 9.57 Å². The molecule has 2 atom stereocenters. The highest BCUT2D eigenvalue weighted by atomic mass is 16.8. The van der Waals surface area contributed by atoms with Crippen molar-refractivity contribution >= 4 is 6.03 Å². The van der Waals surface area contributed by atoms with E-state index in [1.165, 1.54) is 16.2 Å². The van der Waals surface area contributed by atoms with Gasteiger partial charge in [0.2, 0.25) is 6.23 Å². The first-order chi connectivity index (χ1) is 12.3. The van der Waals surface area contributed by atoms with Crippen LogP contribution in [0.4, 0.5) is 4.79 Å². The quantitative estimate of drug-likeness (QED) is 0.751. The third-order valence-corrected chi connectivity index (χ3v) is 5.42. The van der Waals surface area contributed by atoms with Crippen molar-refractivity contribution in [2.45, 2.75) is 24.7 Å². The monoisotopic (exact) mass is 336 g/mol. The smallest absolute Gasteiger partial charge is 0.347 e. The molecule has 25 heavy (non-hydrogen) atoms. The number of ether oxygens (including phenoxy) is 1. The van der Waals surface area contributed by atoms with E-state index in [0.717, 1.165) is 18.4 Å². The summed E-state index contributed by atoms with van der Waals surface area (Å²) in [6, 6.07) is 18.2. The molecule has 2 amide bonds. The molecule has 2 aromatic rings. The lowest BCUT2D eigenvalue weighted by molar-refractivity contribution is -0.104. The first kappa shape index (κ1) is 14.9. The molecule has 2 aliphatic heterocycles. The number of amides is 2. The van der Waals surface area contributed by atoms with Gasteiger partial charge in [-0.15, -0.1) is 0 Å². The van der Waals surface area contributed by atoms with Crippen LogP contribution in [0.3, 0.4) is 0 Å². The van der Waals surface area contributed by atoms with Crippen molar-refractivity contribution in [3.63, 3.8) is 0 Å². The summed E-state index contributed by atoms with van der Waals surface area (Å²) in [5.41, 5.74) is 3.22. The van der Waals surface area contributed by atoms with E-state index in [1.807, 2.05) is 35.2 Å². The van der Waals surface area contributed by atoms with E-state index < -0.39 is 0 Å². The molecular weight excluding hydrogens is 316 g/mol. The molecule has 2 unspecified atom stereocenters. The number of rotatable bonds is 1. The van der Waals surface area contributed by atoms with E-state index in [9.17, 15) is 4.79 Å². The fourth-order valence-corrected chi connectivity index (χ4v) is 4.09. The zero-order valence-corrected chi connectivity index (χ0v) is 13.9. The molecule has 1 aliphatic carbocycles. The Kier molecular flexibility index (Phi) is 3.33. The van der Waals surface area contributed by atoms with Crippen LogP contribution in [-0.4, -0.2) is 35.7 Å². The Hall–Kier alpha value is -2.37. The van der Waals surface area contributed by atoms with Gasteiger partial charge in [0.25, 0.3) is 0 Å². The predicted octanol–water partition coefficient (Wildman–Crippen LogP) is 3.23. The van der Waals surface area contributed by atoms with Crippen LogP contribution in [0, 0.1) is 0 Å². The molecule has 0 N–H and O–H groups in total. The van der Waals surface area contributed by atoms with E-state index in [2.05, 4.69) is 24.3 Å². The number of hydrogen-bond donors (Lipinski definition) is 0. The number of hydrogen-bond acceptors (Lipinski definition) is 3. The van der Waals surface area contributed by atoms with Gasteiger partial charge in [-0.1, -0.05) is 54.6 Å². The lowest BCUT2D eigenvalue weighted by atomic mass is 9.94. The highest BCUT2D eigenvalue weighted by molar-refractivity contribution is 5.75. The maximum absolute atomic E-state index is 12.9. The van der Waals surface area contributed by atoms with Crippen molar-refractivity contribution < 1.29 is 14.4 Å². The van der Waals surface area contributed by atoms with Crippen LogP contribution in [0.1, 0.15) is 29.3 Å². The maximum atomic E-state index is 12.9. The highest BCUT2D eigenvalue weighted by Gasteiger charge is 2.49.